The first-order valence-corrected chi connectivity index (χ1v) is 7.25. The van der Waals surface area contributed by atoms with E-state index in [0.717, 1.165) is 5.00 Å². The number of rotatable bonds is 3. The maximum Gasteiger partial charge on any atom is 0.268 e. The van der Waals surface area contributed by atoms with Gasteiger partial charge in [-0.15, -0.1) is 22.7 Å². The SMILES string of the molecule is CCN=C(NC(=O)c1cccs1)Nc1cccs1. The number of hydrogen-bond acceptors (Lipinski definition) is 4. The van der Waals surface area contributed by atoms with Gasteiger partial charge in [-0.1, -0.05) is 6.07 Å². The van der Waals surface area contributed by atoms with E-state index in [9.17, 15) is 4.79 Å². The number of guanidine groups is 1. The Bertz CT molecular complexity index is 518. The standard InChI is InChI=1S/C12H13N3OS2/c1-2-13-12(14-10-6-4-8-18-10)15-11(16)9-5-3-7-17-9/h3-8H,2H2,1H3,(H2,13,14,15,16). The number of amides is 1. The van der Waals surface area contributed by atoms with Crippen LogP contribution in [0.1, 0.15) is 16.6 Å². The third kappa shape index (κ3) is 3.41. The van der Waals surface area contributed by atoms with Gasteiger partial charge < -0.3 is 5.32 Å². The Balaban J connectivity index is 2.03. The average Bonchev–Trinajstić information content (AvgIpc) is 3.01. The molecule has 0 aliphatic carbocycles. The molecule has 0 saturated carbocycles. The summed E-state index contributed by atoms with van der Waals surface area (Å²) in [6, 6.07) is 7.52. The summed E-state index contributed by atoms with van der Waals surface area (Å²) in [5, 5.41) is 10.7. The van der Waals surface area contributed by atoms with Crippen molar-refractivity contribution in [1.29, 1.82) is 0 Å². The molecule has 0 atom stereocenters. The van der Waals surface area contributed by atoms with Crippen molar-refractivity contribution >= 4 is 39.5 Å². The minimum Gasteiger partial charge on any atom is -0.318 e. The minimum absolute atomic E-state index is 0.138. The zero-order chi connectivity index (χ0) is 12.8. The summed E-state index contributed by atoms with van der Waals surface area (Å²) in [5.41, 5.74) is 0. The predicted octanol–water partition coefficient (Wildman–Crippen LogP) is 3.03. The van der Waals surface area contributed by atoms with Crippen molar-refractivity contribution in [1.82, 2.24) is 5.32 Å². The Morgan fingerprint density at radius 1 is 1.28 bits per heavy atom. The van der Waals surface area contributed by atoms with Gasteiger partial charge in [0, 0.05) is 6.54 Å². The molecule has 0 radical (unpaired) electrons. The van der Waals surface area contributed by atoms with Crippen molar-refractivity contribution in [3.05, 3.63) is 39.9 Å². The first-order chi connectivity index (χ1) is 8.79. The normalized spacial score (nSPS) is 11.3. The van der Waals surface area contributed by atoms with Crippen LogP contribution in [0.25, 0.3) is 0 Å². The summed E-state index contributed by atoms with van der Waals surface area (Å²) >= 11 is 2.97. The molecule has 2 rings (SSSR count). The predicted molar refractivity (Wildman–Crippen MR) is 77.7 cm³/mol. The summed E-state index contributed by atoms with van der Waals surface area (Å²) in [7, 11) is 0. The molecule has 0 aliphatic rings. The zero-order valence-corrected chi connectivity index (χ0v) is 11.5. The van der Waals surface area contributed by atoms with Crippen molar-refractivity contribution in [2.75, 3.05) is 11.9 Å². The summed E-state index contributed by atoms with van der Waals surface area (Å²) in [5.74, 6) is 0.347. The average molecular weight is 279 g/mol. The van der Waals surface area contributed by atoms with E-state index in [1.54, 1.807) is 17.4 Å². The van der Waals surface area contributed by atoms with E-state index >= 15 is 0 Å². The van der Waals surface area contributed by atoms with Crippen LogP contribution in [0.5, 0.6) is 0 Å². The second-order valence-corrected chi connectivity index (χ2v) is 5.25. The number of nitrogens with one attached hydrogen (secondary N) is 2. The Hall–Kier alpha value is -1.66. The number of thiophene rings is 2. The minimum atomic E-state index is -0.138. The highest BCUT2D eigenvalue weighted by Crippen LogP contribution is 2.14. The van der Waals surface area contributed by atoms with Gasteiger partial charge in [-0.2, -0.15) is 0 Å². The summed E-state index contributed by atoms with van der Waals surface area (Å²) in [6.07, 6.45) is 0. The Morgan fingerprint density at radius 2 is 2.06 bits per heavy atom. The molecule has 6 heteroatoms. The van der Waals surface area contributed by atoms with Crippen molar-refractivity contribution < 1.29 is 4.79 Å². The molecule has 0 aromatic carbocycles. The van der Waals surface area contributed by atoms with E-state index < -0.39 is 0 Å². The van der Waals surface area contributed by atoms with Crippen LogP contribution in [0.15, 0.2) is 40.0 Å². The van der Waals surface area contributed by atoms with Crippen LogP contribution in [0.2, 0.25) is 0 Å². The van der Waals surface area contributed by atoms with Gasteiger partial charge in [0.2, 0.25) is 5.96 Å². The van der Waals surface area contributed by atoms with Crippen molar-refractivity contribution in [3.8, 4) is 0 Å². The lowest BCUT2D eigenvalue weighted by Crippen LogP contribution is -2.35. The van der Waals surface area contributed by atoms with Crippen LogP contribution < -0.4 is 10.6 Å². The molecule has 1 amide bonds. The molecule has 0 spiro atoms. The quantitative estimate of drug-likeness (QED) is 0.670. The van der Waals surface area contributed by atoms with Crippen LogP contribution >= 0.6 is 22.7 Å². The van der Waals surface area contributed by atoms with Crippen molar-refractivity contribution in [3.63, 3.8) is 0 Å². The van der Waals surface area contributed by atoms with E-state index in [0.29, 0.717) is 17.4 Å². The molecule has 2 aromatic heterocycles. The van der Waals surface area contributed by atoms with Crippen LogP contribution in [-0.4, -0.2) is 18.4 Å². The van der Waals surface area contributed by atoms with Gasteiger partial charge in [0.25, 0.3) is 5.91 Å². The number of nitrogens with zero attached hydrogens (tertiary/aromatic N) is 1. The van der Waals surface area contributed by atoms with Crippen LogP contribution in [0.4, 0.5) is 5.00 Å². The van der Waals surface area contributed by atoms with Gasteiger partial charge in [0.05, 0.1) is 9.88 Å². The molecule has 94 valence electrons. The third-order valence-corrected chi connectivity index (χ3v) is 3.71. The Labute approximate surface area is 113 Å². The number of carbonyl (C=O) groups excluding carboxylic acids is 1. The molecule has 2 heterocycles. The van der Waals surface area contributed by atoms with Gasteiger partial charge in [-0.25, -0.2) is 0 Å². The molecule has 0 aliphatic heterocycles. The number of aliphatic imine (C=N–C) groups is 1. The maximum atomic E-state index is 11.9. The van der Waals surface area contributed by atoms with Gasteiger partial charge in [-0.3, -0.25) is 15.1 Å². The molecule has 0 bridgehead atoms. The van der Waals surface area contributed by atoms with E-state index in [4.69, 9.17) is 0 Å². The van der Waals surface area contributed by atoms with Crippen LogP contribution in [0.3, 0.4) is 0 Å². The highest BCUT2D eigenvalue weighted by Gasteiger charge is 2.09. The van der Waals surface area contributed by atoms with Gasteiger partial charge in [0.15, 0.2) is 0 Å². The number of hydrogen-bond donors (Lipinski definition) is 2. The summed E-state index contributed by atoms with van der Waals surface area (Å²) in [4.78, 5) is 16.8. The fourth-order valence-corrected chi connectivity index (χ4v) is 2.55. The topological polar surface area (TPSA) is 53.5 Å². The lowest BCUT2D eigenvalue weighted by Gasteiger charge is -2.08. The summed E-state index contributed by atoms with van der Waals surface area (Å²) < 4.78 is 0. The van der Waals surface area contributed by atoms with Gasteiger partial charge in [-0.05, 0) is 35.9 Å². The van der Waals surface area contributed by atoms with Gasteiger partial charge >= 0.3 is 0 Å². The molecule has 4 nitrogen and oxygen atoms in total. The van der Waals surface area contributed by atoms with Gasteiger partial charge in [0.1, 0.15) is 0 Å². The van der Waals surface area contributed by atoms with E-state index in [1.165, 1.54) is 11.3 Å². The smallest absolute Gasteiger partial charge is 0.268 e. The molecule has 2 aromatic rings. The lowest BCUT2D eigenvalue weighted by atomic mass is 10.4. The first-order valence-electron chi connectivity index (χ1n) is 5.49. The lowest BCUT2D eigenvalue weighted by molar-refractivity contribution is 0.0981. The molecule has 2 N–H and O–H groups in total. The molecule has 0 fully saturated rings. The van der Waals surface area contributed by atoms with Crippen molar-refractivity contribution in [2.45, 2.75) is 6.92 Å². The Morgan fingerprint density at radius 3 is 2.67 bits per heavy atom. The highest BCUT2D eigenvalue weighted by atomic mass is 32.1. The van der Waals surface area contributed by atoms with Crippen LogP contribution in [-0.2, 0) is 0 Å². The molecule has 18 heavy (non-hydrogen) atoms. The fourth-order valence-electron chi connectivity index (χ4n) is 1.31. The third-order valence-electron chi connectivity index (χ3n) is 2.06. The maximum absolute atomic E-state index is 11.9. The fraction of sp³-hybridized carbons (Fsp3) is 0.167. The number of anilines is 1. The largest absolute Gasteiger partial charge is 0.318 e. The van der Waals surface area contributed by atoms with E-state index in [1.807, 2.05) is 35.9 Å². The second kappa shape index (κ2) is 6.32. The van der Waals surface area contributed by atoms with Crippen LogP contribution in [0, 0.1) is 0 Å². The first kappa shape index (κ1) is 12.8. The highest BCUT2D eigenvalue weighted by molar-refractivity contribution is 7.14. The molecular formula is C12H13N3OS2. The van der Waals surface area contributed by atoms with E-state index in [2.05, 4.69) is 15.6 Å². The second-order valence-electron chi connectivity index (χ2n) is 3.36. The number of carbonyl (C=O) groups is 1. The Kier molecular flexibility index (Phi) is 4.49. The van der Waals surface area contributed by atoms with E-state index in [-0.39, 0.29) is 5.91 Å². The molecular weight excluding hydrogens is 266 g/mol. The zero-order valence-electron chi connectivity index (χ0n) is 9.84. The molecule has 0 saturated heterocycles. The summed E-state index contributed by atoms with van der Waals surface area (Å²) in [6.45, 7) is 2.53. The molecule has 0 unspecified atom stereocenters. The monoisotopic (exact) mass is 279 g/mol. The van der Waals surface area contributed by atoms with Crippen molar-refractivity contribution in [2.24, 2.45) is 4.99 Å².